The van der Waals surface area contributed by atoms with E-state index >= 15 is 0 Å². The lowest BCUT2D eigenvalue weighted by Gasteiger charge is -2.36. The molecule has 6 nitrogen and oxygen atoms in total. The first-order valence-corrected chi connectivity index (χ1v) is 8.61. The maximum Gasteiger partial charge on any atom is 0.317 e. The average molecular weight is 311 g/mol. The van der Waals surface area contributed by atoms with Crippen LogP contribution in [0.25, 0.3) is 0 Å². The lowest BCUT2D eigenvalue weighted by molar-refractivity contribution is -0.141. The van der Waals surface area contributed by atoms with Gasteiger partial charge in [0.05, 0.1) is 5.92 Å². The molecule has 2 rings (SSSR count). The van der Waals surface area contributed by atoms with Crippen LogP contribution in [0, 0.1) is 5.92 Å². The first-order chi connectivity index (χ1) is 10.6. The standard InChI is InChI=1S/C16H29N3O3/c1-2-3-8-18-9-5-4-6-14(18)11-17-16(22)19-10-7-13(12-19)15(20)21/h13-14H,2-12H2,1H3,(H,17,22)(H,20,21). The van der Waals surface area contributed by atoms with Gasteiger partial charge in [-0.3, -0.25) is 9.69 Å². The molecule has 0 aromatic rings. The van der Waals surface area contributed by atoms with E-state index in [2.05, 4.69) is 17.1 Å². The molecule has 22 heavy (non-hydrogen) atoms. The van der Waals surface area contributed by atoms with E-state index in [1.54, 1.807) is 4.90 Å². The Morgan fingerprint density at radius 2 is 2.05 bits per heavy atom. The van der Waals surface area contributed by atoms with Crippen molar-refractivity contribution in [1.82, 2.24) is 15.1 Å². The topological polar surface area (TPSA) is 72.9 Å². The normalized spacial score (nSPS) is 26.1. The highest BCUT2D eigenvalue weighted by molar-refractivity contribution is 5.77. The summed E-state index contributed by atoms with van der Waals surface area (Å²) >= 11 is 0. The van der Waals surface area contributed by atoms with Gasteiger partial charge in [0, 0.05) is 25.7 Å². The Labute approximate surface area is 132 Å². The van der Waals surface area contributed by atoms with Crippen LogP contribution in [0.15, 0.2) is 0 Å². The zero-order chi connectivity index (χ0) is 15.9. The number of hydrogen-bond donors (Lipinski definition) is 2. The fourth-order valence-electron chi connectivity index (χ4n) is 3.41. The van der Waals surface area contributed by atoms with Gasteiger partial charge < -0.3 is 15.3 Å². The van der Waals surface area contributed by atoms with Crippen molar-refractivity contribution < 1.29 is 14.7 Å². The van der Waals surface area contributed by atoms with E-state index < -0.39 is 11.9 Å². The number of amides is 2. The number of nitrogens with one attached hydrogen (secondary N) is 1. The Morgan fingerprint density at radius 3 is 2.73 bits per heavy atom. The predicted molar refractivity (Wildman–Crippen MR) is 84.8 cm³/mol. The molecule has 0 aromatic heterocycles. The summed E-state index contributed by atoms with van der Waals surface area (Å²) in [4.78, 5) is 27.3. The maximum atomic E-state index is 12.2. The van der Waals surface area contributed by atoms with Crippen molar-refractivity contribution >= 4 is 12.0 Å². The number of nitrogens with zero attached hydrogens (tertiary/aromatic N) is 2. The third-order valence-corrected chi connectivity index (χ3v) is 4.86. The third-order valence-electron chi connectivity index (χ3n) is 4.86. The minimum atomic E-state index is -0.798. The summed E-state index contributed by atoms with van der Waals surface area (Å²) in [6, 6.07) is 0.326. The van der Waals surface area contributed by atoms with E-state index in [1.165, 1.54) is 25.7 Å². The van der Waals surface area contributed by atoms with Crippen LogP contribution in [0.2, 0.25) is 0 Å². The number of aliphatic carboxylic acids is 1. The summed E-state index contributed by atoms with van der Waals surface area (Å²) in [6.45, 7) is 6.01. The predicted octanol–water partition coefficient (Wildman–Crippen LogP) is 1.76. The summed E-state index contributed by atoms with van der Waals surface area (Å²) in [5.41, 5.74) is 0. The Kier molecular flexibility index (Phi) is 6.49. The fraction of sp³-hybridized carbons (Fsp3) is 0.875. The molecule has 6 heteroatoms. The third kappa shape index (κ3) is 4.60. The Balaban J connectivity index is 1.76. The van der Waals surface area contributed by atoms with Gasteiger partial charge in [0.2, 0.25) is 0 Å². The molecule has 2 fully saturated rings. The van der Waals surface area contributed by atoms with Crippen LogP contribution < -0.4 is 5.32 Å². The maximum absolute atomic E-state index is 12.2. The lowest BCUT2D eigenvalue weighted by atomic mass is 10.0. The number of carboxylic acid groups (broad SMARTS) is 1. The fourth-order valence-corrected chi connectivity index (χ4v) is 3.41. The van der Waals surface area contributed by atoms with Crippen LogP contribution in [0.3, 0.4) is 0 Å². The number of urea groups is 1. The number of carboxylic acids is 1. The van der Waals surface area contributed by atoms with Gasteiger partial charge in [0.1, 0.15) is 0 Å². The van der Waals surface area contributed by atoms with Gasteiger partial charge in [-0.05, 0) is 38.8 Å². The van der Waals surface area contributed by atoms with E-state index in [9.17, 15) is 9.59 Å². The summed E-state index contributed by atoms with van der Waals surface area (Å²) < 4.78 is 0. The first-order valence-electron chi connectivity index (χ1n) is 8.61. The molecule has 2 N–H and O–H groups in total. The smallest absolute Gasteiger partial charge is 0.317 e. The molecule has 2 amide bonds. The molecule has 0 aromatic carbocycles. The van der Waals surface area contributed by atoms with Crippen LogP contribution in [-0.4, -0.2) is 65.7 Å². The molecule has 126 valence electrons. The van der Waals surface area contributed by atoms with E-state index in [0.29, 0.717) is 32.1 Å². The van der Waals surface area contributed by atoms with Crippen LogP contribution in [0.5, 0.6) is 0 Å². The molecule has 2 unspecified atom stereocenters. The van der Waals surface area contributed by atoms with Gasteiger partial charge in [-0.15, -0.1) is 0 Å². The molecule has 2 saturated heterocycles. The van der Waals surface area contributed by atoms with Crippen molar-refractivity contribution in [2.45, 2.75) is 51.5 Å². The van der Waals surface area contributed by atoms with Crippen LogP contribution in [-0.2, 0) is 4.79 Å². The highest BCUT2D eigenvalue weighted by Gasteiger charge is 2.31. The van der Waals surface area contributed by atoms with Gasteiger partial charge in [-0.2, -0.15) is 0 Å². The monoisotopic (exact) mass is 311 g/mol. The van der Waals surface area contributed by atoms with Crippen molar-refractivity contribution in [3.63, 3.8) is 0 Å². The second-order valence-corrected chi connectivity index (χ2v) is 6.50. The van der Waals surface area contributed by atoms with Crippen molar-refractivity contribution in [2.75, 3.05) is 32.7 Å². The molecule has 0 radical (unpaired) electrons. The Morgan fingerprint density at radius 1 is 1.23 bits per heavy atom. The van der Waals surface area contributed by atoms with E-state index in [4.69, 9.17) is 5.11 Å². The van der Waals surface area contributed by atoms with Gasteiger partial charge in [0.15, 0.2) is 0 Å². The van der Waals surface area contributed by atoms with Gasteiger partial charge in [0.25, 0.3) is 0 Å². The molecule has 0 bridgehead atoms. The lowest BCUT2D eigenvalue weighted by Crippen LogP contribution is -2.49. The van der Waals surface area contributed by atoms with E-state index in [-0.39, 0.29) is 6.03 Å². The number of carbonyl (C=O) groups excluding carboxylic acids is 1. The molecule has 2 aliphatic heterocycles. The van der Waals surface area contributed by atoms with Crippen molar-refractivity contribution in [2.24, 2.45) is 5.92 Å². The molecular formula is C16H29N3O3. The number of piperidine rings is 1. The Hall–Kier alpha value is -1.30. The van der Waals surface area contributed by atoms with E-state index in [0.717, 1.165) is 19.5 Å². The highest BCUT2D eigenvalue weighted by Crippen LogP contribution is 2.18. The minimum Gasteiger partial charge on any atom is -0.481 e. The summed E-state index contributed by atoms with van der Waals surface area (Å²) in [5, 5.41) is 12.0. The van der Waals surface area contributed by atoms with Crippen molar-refractivity contribution in [3.05, 3.63) is 0 Å². The minimum absolute atomic E-state index is 0.107. The molecule has 0 saturated carbocycles. The Bertz CT molecular complexity index is 389. The van der Waals surface area contributed by atoms with Gasteiger partial charge >= 0.3 is 12.0 Å². The van der Waals surface area contributed by atoms with E-state index in [1.807, 2.05) is 0 Å². The number of likely N-dealkylation sites (tertiary alicyclic amines) is 2. The van der Waals surface area contributed by atoms with Crippen LogP contribution in [0.4, 0.5) is 4.79 Å². The molecule has 2 heterocycles. The summed E-state index contributed by atoms with van der Waals surface area (Å²) in [5.74, 6) is -1.20. The molecule has 0 aliphatic carbocycles. The quantitative estimate of drug-likeness (QED) is 0.784. The van der Waals surface area contributed by atoms with Crippen LogP contribution >= 0.6 is 0 Å². The number of rotatable bonds is 6. The molecule has 2 aliphatic rings. The zero-order valence-corrected chi connectivity index (χ0v) is 13.6. The number of unbranched alkanes of at least 4 members (excludes halogenated alkanes) is 1. The van der Waals surface area contributed by atoms with Crippen molar-refractivity contribution in [3.8, 4) is 0 Å². The number of carbonyl (C=O) groups is 2. The molecule has 2 atom stereocenters. The highest BCUT2D eigenvalue weighted by atomic mass is 16.4. The molecular weight excluding hydrogens is 282 g/mol. The number of hydrogen-bond acceptors (Lipinski definition) is 3. The summed E-state index contributed by atoms with van der Waals surface area (Å²) in [6.07, 6.45) is 6.59. The summed E-state index contributed by atoms with van der Waals surface area (Å²) in [7, 11) is 0. The second kappa shape index (κ2) is 8.36. The van der Waals surface area contributed by atoms with Crippen molar-refractivity contribution in [1.29, 1.82) is 0 Å². The zero-order valence-electron chi connectivity index (χ0n) is 13.6. The molecule has 0 spiro atoms. The van der Waals surface area contributed by atoms with Gasteiger partial charge in [-0.25, -0.2) is 4.79 Å². The largest absolute Gasteiger partial charge is 0.481 e. The van der Waals surface area contributed by atoms with Gasteiger partial charge in [-0.1, -0.05) is 19.8 Å². The SMILES string of the molecule is CCCCN1CCCCC1CNC(=O)N1CCC(C(=O)O)C1. The second-order valence-electron chi connectivity index (χ2n) is 6.50. The van der Waals surface area contributed by atoms with Crippen LogP contribution in [0.1, 0.15) is 45.4 Å². The average Bonchev–Trinajstić information content (AvgIpc) is 3.01. The first kappa shape index (κ1) is 17.1.